The van der Waals surface area contributed by atoms with Crippen molar-refractivity contribution >= 4 is 23.6 Å². The number of rotatable bonds is 7. The SMILES string of the molecule is COc1ccc(/C=C/C(=O)OCC(=O)Nc2cccc(C)c2)cc1OC. The predicted molar refractivity (Wildman–Crippen MR) is 99.3 cm³/mol. The Morgan fingerprint density at radius 1 is 1.04 bits per heavy atom. The second-order valence-corrected chi connectivity index (χ2v) is 5.47. The van der Waals surface area contributed by atoms with Crippen LogP contribution in [0.4, 0.5) is 5.69 Å². The van der Waals surface area contributed by atoms with Crippen LogP contribution in [0.3, 0.4) is 0 Å². The summed E-state index contributed by atoms with van der Waals surface area (Å²) in [5, 5.41) is 2.67. The molecule has 0 atom stereocenters. The highest BCUT2D eigenvalue weighted by atomic mass is 16.5. The Labute approximate surface area is 152 Å². The van der Waals surface area contributed by atoms with E-state index < -0.39 is 11.9 Å². The van der Waals surface area contributed by atoms with Crippen molar-refractivity contribution in [3.05, 3.63) is 59.7 Å². The molecule has 6 nitrogen and oxygen atoms in total. The van der Waals surface area contributed by atoms with Crippen LogP contribution in [0.2, 0.25) is 0 Å². The molecular weight excluding hydrogens is 334 g/mol. The molecule has 0 bridgehead atoms. The standard InChI is InChI=1S/C20H21NO5/c1-14-5-4-6-16(11-14)21-19(22)13-26-20(23)10-8-15-7-9-17(24-2)18(12-15)25-3/h4-12H,13H2,1-3H3,(H,21,22)/b10-8+. The molecule has 0 spiro atoms. The van der Waals surface area contributed by atoms with Crippen molar-refractivity contribution in [3.8, 4) is 11.5 Å². The van der Waals surface area contributed by atoms with Crippen molar-refractivity contribution in [1.29, 1.82) is 0 Å². The Kier molecular flexibility index (Phi) is 6.79. The van der Waals surface area contributed by atoms with Crippen molar-refractivity contribution in [3.63, 3.8) is 0 Å². The second kappa shape index (κ2) is 9.27. The first-order chi connectivity index (χ1) is 12.5. The quantitative estimate of drug-likeness (QED) is 0.610. The lowest BCUT2D eigenvalue weighted by atomic mass is 10.2. The number of benzene rings is 2. The van der Waals surface area contributed by atoms with Crippen molar-refractivity contribution in [2.45, 2.75) is 6.92 Å². The van der Waals surface area contributed by atoms with Gasteiger partial charge in [0.25, 0.3) is 5.91 Å². The van der Waals surface area contributed by atoms with Gasteiger partial charge >= 0.3 is 5.97 Å². The van der Waals surface area contributed by atoms with Crippen molar-refractivity contribution in [1.82, 2.24) is 0 Å². The first-order valence-electron chi connectivity index (χ1n) is 7.95. The maximum Gasteiger partial charge on any atom is 0.331 e. The second-order valence-electron chi connectivity index (χ2n) is 5.47. The fourth-order valence-corrected chi connectivity index (χ4v) is 2.23. The zero-order valence-electron chi connectivity index (χ0n) is 14.9. The van der Waals surface area contributed by atoms with Crippen molar-refractivity contribution in [2.24, 2.45) is 0 Å². The summed E-state index contributed by atoms with van der Waals surface area (Å²) in [6.07, 6.45) is 2.82. The number of aryl methyl sites for hydroxylation is 1. The Hall–Kier alpha value is -3.28. The number of methoxy groups -OCH3 is 2. The van der Waals surface area contributed by atoms with Crippen LogP contribution in [0.15, 0.2) is 48.5 Å². The summed E-state index contributed by atoms with van der Waals surface area (Å²) in [6, 6.07) is 12.6. The van der Waals surface area contributed by atoms with Gasteiger partial charge in [0.2, 0.25) is 0 Å². The summed E-state index contributed by atoms with van der Waals surface area (Å²) < 4.78 is 15.3. The zero-order valence-corrected chi connectivity index (χ0v) is 14.9. The molecule has 0 fully saturated rings. The highest BCUT2D eigenvalue weighted by molar-refractivity contribution is 5.94. The van der Waals surface area contributed by atoms with Crippen molar-refractivity contribution in [2.75, 3.05) is 26.1 Å². The molecule has 0 aliphatic heterocycles. The fraction of sp³-hybridized carbons (Fsp3) is 0.200. The summed E-state index contributed by atoms with van der Waals surface area (Å²) in [5.74, 6) is 0.142. The third-order valence-corrected chi connectivity index (χ3v) is 3.47. The van der Waals surface area contributed by atoms with Gasteiger partial charge in [-0.15, -0.1) is 0 Å². The topological polar surface area (TPSA) is 73.9 Å². The Balaban J connectivity index is 1.86. The molecule has 136 valence electrons. The number of ether oxygens (including phenoxy) is 3. The van der Waals surface area contributed by atoms with Crippen molar-refractivity contribution < 1.29 is 23.8 Å². The molecule has 0 unspecified atom stereocenters. The molecule has 2 aromatic rings. The molecule has 0 aliphatic rings. The smallest absolute Gasteiger partial charge is 0.331 e. The van der Waals surface area contributed by atoms with E-state index >= 15 is 0 Å². The van der Waals surface area contributed by atoms with E-state index in [1.165, 1.54) is 13.2 Å². The third kappa shape index (κ3) is 5.66. The number of hydrogen-bond acceptors (Lipinski definition) is 5. The molecule has 26 heavy (non-hydrogen) atoms. The van der Waals surface area contributed by atoms with E-state index in [1.807, 2.05) is 25.1 Å². The predicted octanol–water partition coefficient (Wildman–Crippen LogP) is 3.21. The molecule has 0 radical (unpaired) electrons. The number of esters is 1. The van der Waals surface area contributed by atoms with Gasteiger partial charge in [0, 0.05) is 11.8 Å². The van der Waals surface area contributed by atoms with E-state index in [0.717, 1.165) is 11.1 Å². The molecule has 6 heteroatoms. The molecule has 0 aromatic heterocycles. The van der Waals surface area contributed by atoms with Crippen LogP contribution in [-0.4, -0.2) is 32.7 Å². The molecule has 1 N–H and O–H groups in total. The molecule has 0 saturated carbocycles. The van der Waals surface area contributed by atoms with Crippen LogP contribution < -0.4 is 14.8 Å². The van der Waals surface area contributed by atoms with E-state index in [0.29, 0.717) is 17.2 Å². The van der Waals surface area contributed by atoms with E-state index in [4.69, 9.17) is 14.2 Å². The van der Waals surface area contributed by atoms with Gasteiger partial charge in [0.1, 0.15) is 0 Å². The maximum atomic E-state index is 11.8. The summed E-state index contributed by atoms with van der Waals surface area (Å²) in [6.45, 7) is 1.57. The van der Waals surface area contributed by atoms with Gasteiger partial charge in [0.05, 0.1) is 14.2 Å². The Morgan fingerprint density at radius 3 is 2.50 bits per heavy atom. The van der Waals surface area contributed by atoms with Crippen LogP contribution in [0.1, 0.15) is 11.1 Å². The lowest BCUT2D eigenvalue weighted by molar-refractivity contribution is -0.142. The monoisotopic (exact) mass is 355 g/mol. The number of hydrogen-bond donors (Lipinski definition) is 1. The molecule has 1 amide bonds. The largest absolute Gasteiger partial charge is 0.493 e. The van der Waals surface area contributed by atoms with Crippen LogP contribution in [0, 0.1) is 6.92 Å². The van der Waals surface area contributed by atoms with E-state index in [9.17, 15) is 9.59 Å². The molecular formula is C20H21NO5. The normalized spacial score (nSPS) is 10.4. The van der Waals surface area contributed by atoms with Gasteiger partial charge in [-0.2, -0.15) is 0 Å². The van der Waals surface area contributed by atoms with Gasteiger partial charge in [0.15, 0.2) is 18.1 Å². The number of anilines is 1. The summed E-state index contributed by atoms with van der Waals surface area (Å²) in [7, 11) is 3.08. The van der Waals surface area contributed by atoms with Crippen LogP contribution in [0.5, 0.6) is 11.5 Å². The minimum atomic E-state index is -0.612. The van der Waals surface area contributed by atoms with E-state index in [1.54, 1.807) is 37.5 Å². The lowest BCUT2D eigenvalue weighted by Gasteiger charge is -2.07. The summed E-state index contributed by atoms with van der Waals surface area (Å²) >= 11 is 0. The van der Waals surface area contributed by atoms with Gasteiger partial charge in [-0.25, -0.2) is 4.79 Å². The Morgan fingerprint density at radius 2 is 1.81 bits per heavy atom. The average Bonchev–Trinajstić information content (AvgIpc) is 2.64. The Bertz CT molecular complexity index is 814. The fourth-order valence-electron chi connectivity index (χ4n) is 2.23. The lowest BCUT2D eigenvalue weighted by Crippen LogP contribution is -2.20. The number of amides is 1. The molecule has 0 aliphatic carbocycles. The highest BCUT2D eigenvalue weighted by Gasteiger charge is 2.07. The van der Waals surface area contributed by atoms with Gasteiger partial charge in [-0.1, -0.05) is 18.2 Å². The number of nitrogens with one attached hydrogen (secondary N) is 1. The molecule has 0 heterocycles. The van der Waals surface area contributed by atoms with E-state index in [-0.39, 0.29) is 6.61 Å². The zero-order chi connectivity index (χ0) is 18.9. The maximum absolute atomic E-state index is 11.8. The molecule has 0 saturated heterocycles. The minimum absolute atomic E-state index is 0.358. The first kappa shape index (κ1) is 19.1. The molecule has 2 rings (SSSR count). The van der Waals surface area contributed by atoms with Crippen LogP contribution in [-0.2, 0) is 14.3 Å². The van der Waals surface area contributed by atoms with Gasteiger partial charge < -0.3 is 19.5 Å². The third-order valence-electron chi connectivity index (χ3n) is 3.47. The van der Waals surface area contributed by atoms with E-state index in [2.05, 4.69) is 5.32 Å². The number of carbonyl (C=O) groups is 2. The van der Waals surface area contributed by atoms with Gasteiger partial charge in [-0.3, -0.25) is 4.79 Å². The summed E-state index contributed by atoms with van der Waals surface area (Å²) in [4.78, 5) is 23.6. The highest BCUT2D eigenvalue weighted by Crippen LogP contribution is 2.27. The minimum Gasteiger partial charge on any atom is -0.493 e. The first-order valence-corrected chi connectivity index (χ1v) is 7.95. The van der Waals surface area contributed by atoms with Gasteiger partial charge in [-0.05, 0) is 48.4 Å². The van der Waals surface area contributed by atoms with Crippen LogP contribution >= 0.6 is 0 Å². The average molecular weight is 355 g/mol. The summed E-state index contributed by atoms with van der Waals surface area (Å²) in [5.41, 5.74) is 2.42. The molecule has 2 aromatic carbocycles. The van der Waals surface area contributed by atoms with Crippen LogP contribution in [0.25, 0.3) is 6.08 Å². The number of carbonyl (C=O) groups excluding carboxylic acids is 2.